The van der Waals surface area contributed by atoms with Gasteiger partial charge in [-0.2, -0.15) is 0 Å². The lowest BCUT2D eigenvalue weighted by molar-refractivity contribution is 0.209. The molecule has 0 amide bonds. The zero-order valence-electron chi connectivity index (χ0n) is 7.05. The van der Waals surface area contributed by atoms with Crippen LogP contribution in [-0.2, 0) is 4.84 Å². The van der Waals surface area contributed by atoms with Gasteiger partial charge in [-0.1, -0.05) is 5.16 Å². The summed E-state index contributed by atoms with van der Waals surface area (Å²) < 4.78 is 0. The first kappa shape index (κ1) is 8.49. The van der Waals surface area contributed by atoms with Crippen LogP contribution in [0, 0.1) is 0 Å². The molecule has 1 aliphatic rings. The molecule has 1 heterocycles. The molecule has 1 atom stereocenters. The van der Waals surface area contributed by atoms with Crippen LogP contribution in [0.5, 0.6) is 0 Å². The summed E-state index contributed by atoms with van der Waals surface area (Å²) in [5.74, 6) is 0. The maximum Gasteiger partial charge on any atom is 0.106 e. The van der Waals surface area contributed by atoms with E-state index in [0.29, 0.717) is 6.04 Å². The topological polar surface area (TPSA) is 45.7 Å². The summed E-state index contributed by atoms with van der Waals surface area (Å²) in [6.07, 6.45) is 1.08. The maximum atomic E-state index is 4.72. The Kier molecular flexibility index (Phi) is 3.32. The highest BCUT2D eigenvalue weighted by Crippen LogP contribution is 1.99. The van der Waals surface area contributed by atoms with Crippen molar-refractivity contribution in [2.24, 2.45) is 5.16 Å². The molecule has 64 valence electrons. The number of hydrogen-bond donors (Lipinski definition) is 2. The number of nitrogens with zero attached hydrogens (tertiary/aromatic N) is 1. The lowest BCUT2D eigenvalue weighted by atomic mass is 10.1. The van der Waals surface area contributed by atoms with Crippen molar-refractivity contribution in [2.75, 3.05) is 27.2 Å². The zero-order chi connectivity index (χ0) is 8.10. The van der Waals surface area contributed by atoms with Gasteiger partial charge in [0.05, 0.1) is 11.8 Å². The summed E-state index contributed by atoms with van der Waals surface area (Å²) in [5.41, 5.74) is 1.06. The molecule has 0 spiro atoms. The van der Waals surface area contributed by atoms with Crippen molar-refractivity contribution in [1.82, 2.24) is 10.6 Å². The van der Waals surface area contributed by atoms with Crippen molar-refractivity contribution in [3.63, 3.8) is 0 Å². The predicted octanol–water partition coefficient (Wildman–Crippen LogP) is -0.430. The summed E-state index contributed by atoms with van der Waals surface area (Å²) >= 11 is 0. The van der Waals surface area contributed by atoms with Gasteiger partial charge in [0.2, 0.25) is 0 Å². The van der Waals surface area contributed by atoms with Crippen LogP contribution in [0.25, 0.3) is 0 Å². The molecule has 1 rings (SSSR count). The van der Waals surface area contributed by atoms with Crippen LogP contribution >= 0.6 is 0 Å². The number of rotatable bonds is 2. The van der Waals surface area contributed by atoms with Crippen molar-refractivity contribution >= 4 is 5.71 Å². The Morgan fingerprint density at radius 1 is 1.73 bits per heavy atom. The van der Waals surface area contributed by atoms with Crippen LogP contribution in [0.2, 0.25) is 0 Å². The third-order valence-corrected chi connectivity index (χ3v) is 1.88. The standard InChI is InChI=1S/C7H15N3O/c1-8-6-3-4-9-5-7(6)10-11-2/h6,8-9H,3-5H2,1-2H3. The van der Waals surface area contributed by atoms with E-state index in [1.807, 2.05) is 7.05 Å². The first-order valence-corrected chi connectivity index (χ1v) is 3.86. The van der Waals surface area contributed by atoms with Gasteiger partial charge in [-0.3, -0.25) is 0 Å². The Balaban J connectivity index is 2.51. The van der Waals surface area contributed by atoms with Crippen LogP contribution in [0.15, 0.2) is 5.16 Å². The highest BCUT2D eigenvalue weighted by atomic mass is 16.6. The lowest BCUT2D eigenvalue weighted by Gasteiger charge is -2.23. The van der Waals surface area contributed by atoms with Gasteiger partial charge in [0.15, 0.2) is 0 Å². The van der Waals surface area contributed by atoms with Gasteiger partial charge in [-0.25, -0.2) is 0 Å². The molecule has 0 aromatic carbocycles. The third-order valence-electron chi connectivity index (χ3n) is 1.88. The Labute approximate surface area is 67.0 Å². The van der Waals surface area contributed by atoms with Crippen molar-refractivity contribution in [2.45, 2.75) is 12.5 Å². The van der Waals surface area contributed by atoms with Gasteiger partial charge in [-0.05, 0) is 20.0 Å². The first-order chi connectivity index (χ1) is 5.38. The lowest BCUT2D eigenvalue weighted by Crippen LogP contribution is -2.46. The third kappa shape index (κ3) is 2.17. The molecule has 0 aliphatic carbocycles. The molecule has 0 aromatic heterocycles. The second kappa shape index (κ2) is 4.31. The summed E-state index contributed by atoms with van der Waals surface area (Å²) in [6.45, 7) is 1.88. The van der Waals surface area contributed by atoms with Gasteiger partial charge in [0, 0.05) is 6.54 Å². The normalized spacial score (nSPS) is 28.9. The van der Waals surface area contributed by atoms with Crippen LogP contribution in [-0.4, -0.2) is 39.0 Å². The van der Waals surface area contributed by atoms with E-state index < -0.39 is 0 Å². The average Bonchev–Trinajstić information content (AvgIpc) is 2.06. The van der Waals surface area contributed by atoms with Gasteiger partial charge < -0.3 is 15.5 Å². The molecule has 1 unspecified atom stereocenters. The molecule has 2 N–H and O–H groups in total. The van der Waals surface area contributed by atoms with Gasteiger partial charge in [-0.15, -0.1) is 0 Å². The highest BCUT2D eigenvalue weighted by Gasteiger charge is 2.18. The van der Waals surface area contributed by atoms with Crippen molar-refractivity contribution in [3.8, 4) is 0 Å². The fourth-order valence-corrected chi connectivity index (χ4v) is 1.28. The van der Waals surface area contributed by atoms with E-state index in [4.69, 9.17) is 4.84 Å². The fraction of sp³-hybridized carbons (Fsp3) is 0.857. The Bertz CT molecular complexity index is 147. The Hall–Kier alpha value is -0.610. The second-order valence-electron chi connectivity index (χ2n) is 2.57. The van der Waals surface area contributed by atoms with Crippen LogP contribution in [0.4, 0.5) is 0 Å². The zero-order valence-corrected chi connectivity index (χ0v) is 7.05. The molecular formula is C7H15N3O. The van der Waals surface area contributed by atoms with E-state index in [0.717, 1.165) is 25.2 Å². The number of nitrogens with one attached hydrogen (secondary N) is 2. The van der Waals surface area contributed by atoms with E-state index >= 15 is 0 Å². The molecular weight excluding hydrogens is 142 g/mol. The largest absolute Gasteiger partial charge is 0.399 e. The van der Waals surface area contributed by atoms with Crippen LogP contribution < -0.4 is 10.6 Å². The van der Waals surface area contributed by atoms with Crippen molar-refractivity contribution < 1.29 is 4.84 Å². The maximum absolute atomic E-state index is 4.72. The van der Waals surface area contributed by atoms with E-state index in [1.165, 1.54) is 0 Å². The monoisotopic (exact) mass is 157 g/mol. The molecule has 1 saturated heterocycles. The van der Waals surface area contributed by atoms with E-state index in [9.17, 15) is 0 Å². The Morgan fingerprint density at radius 2 is 2.55 bits per heavy atom. The molecule has 0 radical (unpaired) electrons. The first-order valence-electron chi connectivity index (χ1n) is 3.86. The molecule has 0 aromatic rings. The average molecular weight is 157 g/mol. The second-order valence-corrected chi connectivity index (χ2v) is 2.57. The minimum atomic E-state index is 0.385. The summed E-state index contributed by atoms with van der Waals surface area (Å²) in [4.78, 5) is 4.72. The SMILES string of the molecule is CNC1CCNCC1=NOC. The summed E-state index contributed by atoms with van der Waals surface area (Å²) in [5, 5.41) is 10.3. The molecule has 4 nitrogen and oxygen atoms in total. The van der Waals surface area contributed by atoms with Gasteiger partial charge in [0.25, 0.3) is 0 Å². The minimum Gasteiger partial charge on any atom is -0.399 e. The fourth-order valence-electron chi connectivity index (χ4n) is 1.28. The number of hydrogen-bond acceptors (Lipinski definition) is 4. The summed E-state index contributed by atoms with van der Waals surface area (Å²) in [7, 11) is 3.52. The number of piperidine rings is 1. The van der Waals surface area contributed by atoms with Crippen LogP contribution in [0.1, 0.15) is 6.42 Å². The molecule has 1 aliphatic heterocycles. The molecule has 1 fully saturated rings. The predicted molar refractivity (Wildman–Crippen MR) is 44.8 cm³/mol. The summed E-state index contributed by atoms with van der Waals surface area (Å²) in [6, 6.07) is 0.385. The molecule has 4 heteroatoms. The van der Waals surface area contributed by atoms with E-state index in [2.05, 4.69) is 15.8 Å². The van der Waals surface area contributed by atoms with Crippen molar-refractivity contribution in [1.29, 1.82) is 0 Å². The van der Waals surface area contributed by atoms with Crippen molar-refractivity contribution in [3.05, 3.63) is 0 Å². The smallest absolute Gasteiger partial charge is 0.106 e. The molecule has 0 bridgehead atoms. The van der Waals surface area contributed by atoms with Gasteiger partial charge >= 0.3 is 0 Å². The Morgan fingerprint density at radius 3 is 3.18 bits per heavy atom. The van der Waals surface area contributed by atoms with Crippen LogP contribution in [0.3, 0.4) is 0 Å². The van der Waals surface area contributed by atoms with Gasteiger partial charge in [0.1, 0.15) is 7.11 Å². The minimum absolute atomic E-state index is 0.385. The number of oxime groups is 1. The molecule has 11 heavy (non-hydrogen) atoms. The van der Waals surface area contributed by atoms with E-state index in [1.54, 1.807) is 7.11 Å². The molecule has 0 saturated carbocycles. The quantitative estimate of drug-likeness (QED) is 0.535. The van der Waals surface area contributed by atoms with E-state index in [-0.39, 0.29) is 0 Å². The highest BCUT2D eigenvalue weighted by molar-refractivity contribution is 5.91.